The Balaban J connectivity index is 2.04. The van der Waals surface area contributed by atoms with Gasteiger partial charge in [0.1, 0.15) is 11.4 Å². The quantitative estimate of drug-likeness (QED) is 0.375. The van der Waals surface area contributed by atoms with Gasteiger partial charge in [-0.25, -0.2) is 14.2 Å². The average Bonchev–Trinajstić information content (AvgIpc) is 2.88. The topological polar surface area (TPSA) is 81.8 Å². The fourth-order valence-electron chi connectivity index (χ4n) is 2.26. The number of hydrogen-bond donors (Lipinski definition) is 0. The summed E-state index contributed by atoms with van der Waals surface area (Å²) in [7, 11) is 0. The van der Waals surface area contributed by atoms with Crippen LogP contribution in [0, 0.1) is 22.9 Å². The molecule has 0 aromatic heterocycles. The van der Waals surface area contributed by atoms with Crippen LogP contribution in [-0.2, 0) is 9.53 Å². The first-order chi connectivity index (χ1) is 11.4. The van der Waals surface area contributed by atoms with Crippen LogP contribution in [0.25, 0.3) is 6.08 Å². The molecule has 3 rings (SSSR count). The van der Waals surface area contributed by atoms with Crippen molar-refractivity contribution in [3.05, 3.63) is 80.8 Å². The van der Waals surface area contributed by atoms with E-state index in [1.54, 1.807) is 19.1 Å². The molecule has 0 saturated heterocycles. The normalized spacial score (nSPS) is 15.3. The SMILES string of the molecule is Cc1ccc([N+](=O)[O-])c(C2=NC(=Cc3cccc(F)c3)C(=O)O2)c1. The molecule has 0 fully saturated rings. The largest absolute Gasteiger partial charge is 0.402 e. The van der Waals surface area contributed by atoms with Crippen LogP contribution in [0.4, 0.5) is 10.1 Å². The summed E-state index contributed by atoms with van der Waals surface area (Å²) < 4.78 is 18.3. The van der Waals surface area contributed by atoms with E-state index in [0.29, 0.717) is 5.56 Å². The third-order valence-corrected chi connectivity index (χ3v) is 3.35. The second-order valence-corrected chi connectivity index (χ2v) is 5.17. The first kappa shape index (κ1) is 15.5. The van der Waals surface area contributed by atoms with Crippen LogP contribution in [0.3, 0.4) is 0 Å². The molecular weight excluding hydrogens is 315 g/mol. The van der Waals surface area contributed by atoms with Crippen molar-refractivity contribution in [1.29, 1.82) is 0 Å². The Kier molecular flexibility index (Phi) is 3.91. The van der Waals surface area contributed by atoms with Gasteiger partial charge in [0.2, 0.25) is 5.90 Å². The van der Waals surface area contributed by atoms with Crippen molar-refractivity contribution in [2.45, 2.75) is 6.92 Å². The zero-order valence-corrected chi connectivity index (χ0v) is 12.5. The van der Waals surface area contributed by atoms with Crippen molar-refractivity contribution in [1.82, 2.24) is 0 Å². The number of carbonyl (C=O) groups excluding carboxylic acids is 1. The summed E-state index contributed by atoms with van der Waals surface area (Å²) >= 11 is 0. The molecule has 0 amide bonds. The van der Waals surface area contributed by atoms with E-state index in [2.05, 4.69) is 4.99 Å². The third kappa shape index (κ3) is 3.05. The minimum Gasteiger partial charge on any atom is -0.402 e. The molecule has 1 aliphatic heterocycles. The van der Waals surface area contributed by atoms with Gasteiger partial charge in [-0.15, -0.1) is 0 Å². The van der Waals surface area contributed by atoms with Gasteiger partial charge in [0.05, 0.1) is 4.92 Å². The van der Waals surface area contributed by atoms with Crippen LogP contribution in [-0.4, -0.2) is 16.8 Å². The highest BCUT2D eigenvalue weighted by Gasteiger charge is 2.29. The first-order valence-electron chi connectivity index (χ1n) is 6.97. The summed E-state index contributed by atoms with van der Waals surface area (Å²) in [4.78, 5) is 26.5. The predicted octanol–water partition coefficient (Wildman–Crippen LogP) is 3.39. The monoisotopic (exact) mass is 326 g/mol. The highest BCUT2D eigenvalue weighted by Crippen LogP contribution is 2.26. The molecule has 2 aromatic rings. The number of halogens is 1. The van der Waals surface area contributed by atoms with Crippen LogP contribution in [0.1, 0.15) is 16.7 Å². The van der Waals surface area contributed by atoms with Gasteiger partial charge in [0.25, 0.3) is 5.69 Å². The molecule has 0 atom stereocenters. The Morgan fingerprint density at radius 2 is 2.04 bits per heavy atom. The van der Waals surface area contributed by atoms with E-state index in [1.165, 1.54) is 36.4 Å². The summed E-state index contributed by atoms with van der Waals surface area (Å²) in [6.45, 7) is 1.76. The highest BCUT2D eigenvalue weighted by molar-refractivity contribution is 6.14. The van der Waals surface area contributed by atoms with Crippen molar-refractivity contribution < 1.29 is 18.8 Å². The molecule has 1 aliphatic rings. The van der Waals surface area contributed by atoms with Crippen molar-refractivity contribution in [2.24, 2.45) is 4.99 Å². The predicted molar refractivity (Wildman–Crippen MR) is 84.8 cm³/mol. The van der Waals surface area contributed by atoms with Crippen LogP contribution >= 0.6 is 0 Å². The standard InChI is InChI=1S/C17H11FN2O4/c1-10-5-6-15(20(22)23)13(7-10)16-19-14(17(21)24-16)9-11-3-2-4-12(18)8-11/h2-9H,1H3. The lowest BCUT2D eigenvalue weighted by Gasteiger charge is -2.02. The molecule has 0 radical (unpaired) electrons. The molecule has 120 valence electrons. The second kappa shape index (κ2) is 6.04. The van der Waals surface area contributed by atoms with Gasteiger partial charge < -0.3 is 4.74 Å². The number of aliphatic imine (C=N–C) groups is 1. The van der Waals surface area contributed by atoms with Gasteiger partial charge in [-0.05, 0) is 42.3 Å². The average molecular weight is 326 g/mol. The molecule has 0 unspecified atom stereocenters. The van der Waals surface area contributed by atoms with Gasteiger partial charge in [-0.1, -0.05) is 18.2 Å². The first-order valence-corrected chi connectivity index (χ1v) is 6.97. The second-order valence-electron chi connectivity index (χ2n) is 5.17. The number of nitro groups is 1. The number of nitro benzene ring substituents is 1. The molecule has 7 heteroatoms. The molecule has 2 aromatic carbocycles. The van der Waals surface area contributed by atoms with Crippen LogP contribution < -0.4 is 0 Å². The molecule has 0 bridgehead atoms. The van der Waals surface area contributed by atoms with E-state index in [4.69, 9.17) is 4.74 Å². The van der Waals surface area contributed by atoms with E-state index in [1.807, 2.05) is 0 Å². The minimum atomic E-state index is -0.745. The van der Waals surface area contributed by atoms with Crippen molar-refractivity contribution in [3.8, 4) is 0 Å². The fourth-order valence-corrected chi connectivity index (χ4v) is 2.26. The number of ether oxygens (including phenoxy) is 1. The number of esters is 1. The lowest BCUT2D eigenvalue weighted by atomic mass is 10.1. The molecule has 6 nitrogen and oxygen atoms in total. The maximum absolute atomic E-state index is 13.2. The number of hydrogen-bond acceptors (Lipinski definition) is 5. The lowest BCUT2D eigenvalue weighted by molar-refractivity contribution is -0.385. The molecule has 1 heterocycles. The molecule has 0 saturated carbocycles. The molecular formula is C17H11FN2O4. The highest BCUT2D eigenvalue weighted by atomic mass is 19.1. The summed E-state index contributed by atoms with van der Waals surface area (Å²) in [5.41, 5.74) is 1.06. The Morgan fingerprint density at radius 3 is 2.75 bits per heavy atom. The van der Waals surface area contributed by atoms with Gasteiger partial charge >= 0.3 is 5.97 Å². The third-order valence-electron chi connectivity index (χ3n) is 3.35. The number of rotatable bonds is 3. The molecule has 24 heavy (non-hydrogen) atoms. The van der Waals surface area contributed by atoms with Crippen LogP contribution in [0.5, 0.6) is 0 Å². The van der Waals surface area contributed by atoms with E-state index in [0.717, 1.165) is 5.56 Å². The number of aryl methyl sites for hydroxylation is 1. The van der Waals surface area contributed by atoms with Crippen molar-refractivity contribution in [2.75, 3.05) is 0 Å². The Hall–Kier alpha value is -3.35. The van der Waals surface area contributed by atoms with Gasteiger partial charge in [-0.3, -0.25) is 10.1 Å². The number of carbonyl (C=O) groups is 1. The summed E-state index contributed by atoms with van der Waals surface area (Å²) in [6.07, 6.45) is 1.36. The van der Waals surface area contributed by atoms with Gasteiger partial charge in [0, 0.05) is 6.07 Å². The van der Waals surface area contributed by atoms with Crippen LogP contribution in [0.2, 0.25) is 0 Å². The van der Waals surface area contributed by atoms with E-state index >= 15 is 0 Å². The number of nitrogens with zero attached hydrogens (tertiary/aromatic N) is 2. The maximum atomic E-state index is 13.2. The molecule has 0 aliphatic carbocycles. The molecule has 0 N–H and O–H groups in total. The zero-order valence-electron chi connectivity index (χ0n) is 12.5. The van der Waals surface area contributed by atoms with E-state index in [9.17, 15) is 19.3 Å². The van der Waals surface area contributed by atoms with E-state index in [-0.39, 0.29) is 22.8 Å². The number of benzene rings is 2. The lowest BCUT2D eigenvalue weighted by Crippen LogP contribution is -2.08. The maximum Gasteiger partial charge on any atom is 0.363 e. The Bertz CT molecular complexity index is 919. The van der Waals surface area contributed by atoms with Crippen molar-refractivity contribution >= 4 is 23.6 Å². The van der Waals surface area contributed by atoms with E-state index < -0.39 is 16.7 Å². The number of cyclic esters (lactones) is 1. The fraction of sp³-hybridized carbons (Fsp3) is 0.0588. The smallest absolute Gasteiger partial charge is 0.363 e. The van der Waals surface area contributed by atoms with Gasteiger partial charge in [-0.2, -0.15) is 0 Å². The molecule has 0 spiro atoms. The summed E-state index contributed by atoms with van der Waals surface area (Å²) in [5, 5.41) is 11.1. The van der Waals surface area contributed by atoms with Gasteiger partial charge in [0.15, 0.2) is 5.70 Å². The zero-order chi connectivity index (χ0) is 17.3. The Morgan fingerprint density at radius 1 is 1.25 bits per heavy atom. The summed E-state index contributed by atoms with van der Waals surface area (Å²) in [5.74, 6) is -1.34. The summed E-state index contributed by atoms with van der Waals surface area (Å²) in [6, 6.07) is 10.1. The minimum absolute atomic E-state index is 0.0496. The Labute approximate surface area is 136 Å². The van der Waals surface area contributed by atoms with Crippen molar-refractivity contribution in [3.63, 3.8) is 0 Å². The van der Waals surface area contributed by atoms with Crippen LogP contribution in [0.15, 0.2) is 53.2 Å².